The number of ketones is 1. The molecule has 36 heavy (non-hydrogen) atoms. The van der Waals surface area contributed by atoms with Gasteiger partial charge in [-0.1, -0.05) is 24.3 Å². The van der Waals surface area contributed by atoms with Gasteiger partial charge in [-0.3, -0.25) is 14.6 Å². The molecule has 1 fully saturated rings. The number of aliphatic hydroxyl groups is 1. The Morgan fingerprint density at radius 3 is 2.44 bits per heavy atom. The van der Waals surface area contributed by atoms with Gasteiger partial charge in [-0.05, 0) is 75.6 Å². The lowest BCUT2D eigenvalue weighted by molar-refractivity contribution is -0.129. The highest BCUT2D eigenvalue weighted by Crippen LogP contribution is 2.28. The van der Waals surface area contributed by atoms with Gasteiger partial charge >= 0.3 is 6.09 Å². The number of likely N-dealkylation sites (N-methyl/N-ethyl adjacent to an activating group) is 1. The van der Waals surface area contributed by atoms with Crippen LogP contribution in [0.15, 0.2) is 42.6 Å². The molecule has 2 N–H and O–H groups in total. The summed E-state index contributed by atoms with van der Waals surface area (Å²) in [6.45, 7) is 5.52. The van der Waals surface area contributed by atoms with E-state index in [9.17, 15) is 19.5 Å². The molecule has 3 rings (SSSR count). The first-order valence-electron chi connectivity index (χ1n) is 12.5. The van der Waals surface area contributed by atoms with Crippen LogP contribution in [0, 0.1) is 5.92 Å². The number of nitrogens with one attached hydrogen (secondary N) is 1. The van der Waals surface area contributed by atoms with Crippen molar-refractivity contribution in [3.05, 3.63) is 53.9 Å². The number of ether oxygens (including phenoxy) is 1. The molecule has 2 amide bonds. The number of pyridine rings is 1. The van der Waals surface area contributed by atoms with Crippen LogP contribution in [-0.4, -0.2) is 58.1 Å². The van der Waals surface area contributed by atoms with Gasteiger partial charge < -0.3 is 20.1 Å². The number of aliphatic hydroxyl groups excluding tert-OH is 1. The lowest BCUT2D eigenvalue weighted by Gasteiger charge is -2.24. The minimum absolute atomic E-state index is 0.0387. The fraction of sp³-hybridized carbons (Fsp3) is 0.500. The molecule has 0 spiro atoms. The molecular formula is C28H37N3O5. The Balaban J connectivity index is 1.55. The van der Waals surface area contributed by atoms with E-state index in [4.69, 9.17) is 4.74 Å². The topological polar surface area (TPSA) is 109 Å². The molecule has 8 heteroatoms. The summed E-state index contributed by atoms with van der Waals surface area (Å²) >= 11 is 0. The summed E-state index contributed by atoms with van der Waals surface area (Å²) in [6.07, 6.45) is 4.62. The molecule has 0 aliphatic heterocycles. The van der Waals surface area contributed by atoms with Crippen molar-refractivity contribution >= 4 is 17.8 Å². The van der Waals surface area contributed by atoms with Crippen LogP contribution >= 0.6 is 0 Å². The Labute approximate surface area is 213 Å². The predicted molar refractivity (Wildman–Crippen MR) is 137 cm³/mol. The second-order valence-corrected chi connectivity index (χ2v) is 10.5. The number of Topliss-reactive ketones (excluding diaryl/α,β-unsaturated/α-hetero) is 1. The van der Waals surface area contributed by atoms with E-state index in [1.807, 2.05) is 30.3 Å². The smallest absolute Gasteiger partial charge is 0.408 e. The first-order chi connectivity index (χ1) is 17.0. The first kappa shape index (κ1) is 27.3. The van der Waals surface area contributed by atoms with Crippen molar-refractivity contribution in [2.24, 2.45) is 5.92 Å². The molecule has 0 radical (unpaired) electrons. The van der Waals surface area contributed by atoms with Gasteiger partial charge in [0.25, 0.3) is 0 Å². The van der Waals surface area contributed by atoms with Gasteiger partial charge in [-0.2, -0.15) is 0 Å². The average molecular weight is 496 g/mol. The number of rotatable bonds is 8. The average Bonchev–Trinajstić information content (AvgIpc) is 2.83. The fourth-order valence-corrected chi connectivity index (χ4v) is 4.25. The maximum Gasteiger partial charge on any atom is 0.408 e. The lowest BCUT2D eigenvalue weighted by atomic mass is 9.84. The normalized spacial score (nSPS) is 17.8. The van der Waals surface area contributed by atoms with Gasteiger partial charge in [0, 0.05) is 31.8 Å². The molecule has 194 valence electrons. The third kappa shape index (κ3) is 8.45. The highest BCUT2D eigenvalue weighted by atomic mass is 16.6. The van der Waals surface area contributed by atoms with Crippen LogP contribution in [0.1, 0.15) is 68.9 Å². The largest absolute Gasteiger partial charge is 0.444 e. The maximum absolute atomic E-state index is 12.6. The van der Waals surface area contributed by atoms with E-state index >= 15 is 0 Å². The van der Waals surface area contributed by atoms with E-state index in [0.29, 0.717) is 24.6 Å². The second kappa shape index (κ2) is 12.1. The number of hydrogen-bond donors (Lipinski definition) is 2. The zero-order valence-electron chi connectivity index (χ0n) is 21.6. The van der Waals surface area contributed by atoms with Gasteiger partial charge in [0.15, 0.2) is 5.78 Å². The Hall–Kier alpha value is -3.26. The Bertz CT molecular complexity index is 1050. The van der Waals surface area contributed by atoms with Crippen LogP contribution < -0.4 is 5.32 Å². The van der Waals surface area contributed by atoms with Crippen molar-refractivity contribution in [2.75, 3.05) is 13.6 Å². The van der Waals surface area contributed by atoms with Gasteiger partial charge in [0.2, 0.25) is 5.91 Å². The molecule has 0 atom stereocenters. The van der Waals surface area contributed by atoms with Gasteiger partial charge in [-0.25, -0.2) is 4.79 Å². The number of benzene rings is 1. The van der Waals surface area contributed by atoms with E-state index in [2.05, 4.69) is 10.3 Å². The van der Waals surface area contributed by atoms with Crippen LogP contribution in [0.3, 0.4) is 0 Å². The maximum atomic E-state index is 12.6. The second-order valence-electron chi connectivity index (χ2n) is 10.5. The molecule has 1 aromatic carbocycles. The van der Waals surface area contributed by atoms with Crippen molar-refractivity contribution in [1.29, 1.82) is 0 Å². The van der Waals surface area contributed by atoms with E-state index in [0.717, 1.165) is 42.4 Å². The van der Waals surface area contributed by atoms with Crippen molar-refractivity contribution in [1.82, 2.24) is 15.2 Å². The molecule has 1 aliphatic carbocycles. The SMILES string of the molecule is CN(Cc1cccc(-c2ccc(C(=O)CC3CCC(O)CC3)nc2)c1)C(=O)CNC(=O)OC(C)(C)C. The molecular weight excluding hydrogens is 458 g/mol. The third-order valence-corrected chi connectivity index (χ3v) is 6.23. The standard InChI is InChI=1S/C28H37N3O5/c1-28(2,3)36-27(35)30-17-26(34)31(4)18-20-6-5-7-21(14-20)22-10-13-24(29-16-22)25(33)15-19-8-11-23(32)12-9-19/h5-7,10,13-14,16,19,23,32H,8-9,11-12,15,17-18H2,1-4H3,(H,30,35). The van der Waals surface area contributed by atoms with Crippen molar-refractivity contribution in [3.63, 3.8) is 0 Å². The summed E-state index contributed by atoms with van der Waals surface area (Å²) in [5, 5.41) is 12.1. The first-order valence-corrected chi connectivity index (χ1v) is 12.5. The monoisotopic (exact) mass is 495 g/mol. The molecule has 1 saturated carbocycles. The van der Waals surface area contributed by atoms with Crippen LogP contribution in [0.5, 0.6) is 0 Å². The Morgan fingerprint density at radius 1 is 1.08 bits per heavy atom. The number of carbonyl (C=O) groups is 3. The summed E-state index contributed by atoms with van der Waals surface area (Å²) in [4.78, 5) is 42.8. The molecule has 0 saturated heterocycles. The quantitative estimate of drug-likeness (QED) is 0.527. The van der Waals surface area contributed by atoms with E-state index < -0.39 is 11.7 Å². The lowest BCUT2D eigenvalue weighted by Crippen LogP contribution is -2.40. The van der Waals surface area contributed by atoms with Crippen molar-refractivity contribution in [2.45, 2.75) is 71.1 Å². The van der Waals surface area contributed by atoms with Crippen molar-refractivity contribution in [3.8, 4) is 11.1 Å². The number of hydrogen-bond acceptors (Lipinski definition) is 6. The van der Waals surface area contributed by atoms with Gasteiger partial charge in [-0.15, -0.1) is 0 Å². The summed E-state index contributed by atoms with van der Waals surface area (Å²) in [7, 11) is 1.68. The zero-order chi connectivity index (χ0) is 26.3. The number of carbonyl (C=O) groups excluding carboxylic acids is 3. The number of alkyl carbamates (subject to hydrolysis) is 1. The molecule has 0 bridgehead atoms. The molecule has 2 aromatic rings. The number of amides is 2. The minimum Gasteiger partial charge on any atom is -0.444 e. The third-order valence-electron chi connectivity index (χ3n) is 6.23. The van der Waals surface area contributed by atoms with E-state index in [1.165, 1.54) is 0 Å². The van der Waals surface area contributed by atoms with E-state index in [-0.39, 0.29) is 24.3 Å². The number of aromatic nitrogens is 1. The molecule has 1 aliphatic rings. The molecule has 0 unspecified atom stereocenters. The highest BCUT2D eigenvalue weighted by molar-refractivity contribution is 5.94. The summed E-state index contributed by atoms with van der Waals surface area (Å²) in [6, 6.07) is 11.4. The van der Waals surface area contributed by atoms with Crippen LogP contribution in [-0.2, 0) is 16.1 Å². The van der Waals surface area contributed by atoms with Gasteiger partial charge in [0.1, 0.15) is 17.8 Å². The predicted octanol–water partition coefficient (Wildman–Crippen LogP) is 4.36. The zero-order valence-corrected chi connectivity index (χ0v) is 21.6. The Morgan fingerprint density at radius 2 is 1.81 bits per heavy atom. The molecule has 8 nitrogen and oxygen atoms in total. The van der Waals surface area contributed by atoms with Crippen LogP contribution in [0.4, 0.5) is 4.79 Å². The van der Waals surface area contributed by atoms with Crippen molar-refractivity contribution < 1.29 is 24.2 Å². The van der Waals surface area contributed by atoms with Crippen LogP contribution in [0.2, 0.25) is 0 Å². The molecule has 1 aromatic heterocycles. The van der Waals surface area contributed by atoms with Crippen LogP contribution in [0.25, 0.3) is 11.1 Å². The fourth-order valence-electron chi connectivity index (χ4n) is 4.25. The number of nitrogens with zero attached hydrogens (tertiary/aromatic N) is 2. The Kier molecular flexibility index (Phi) is 9.20. The van der Waals surface area contributed by atoms with E-state index in [1.54, 1.807) is 45.0 Å². The van der Waals surface area contributed by atoms with Gasteiger partial charge in [0.05, 0.1) is 6.10 Å². The minimum atomic E-state index is -0.627. The summed E-state index contributed by atoms with van der Waals surface area (Å²) in [5.41, 5.74) is 2.59. The summed E-state index contributed by atoms with van der Waals surface area (Å²) in [5.74, 6) is 0.123. The summed E-state index contributed by atoms with van der Waals surface area (Å²) < 4.78 is 5.16. The highest BCUT2D eigenvalue weighted by Gasteiger charge is 2.23. The molecule has 1 heterocycles.